The van der Waals surface area contributed by atoms with E-state index in [0.717, 1.165) is 18.4 Å². The average Bonchev–Trinajstić information content (AvgIpc) is 2.36. The zero-order valence-corrected chi connectivity index (χ0v) is 11.1. The highest BCUT2D eigenvalue weighted by Gasteiger charge is 2.25. The molecule has 1 aromatic rings. The minimum absolute atomic E-state index is 0.0370. The van der Waals surface area contributed by atoms with Gasteiger partial charge >= 0.3 is 0 Å². The maximum Gasteiger partial charge on any atom is 0.0741 e. The molecule has 0 amide bonds. The summed E-state index contributed by atoms with van der Waals surface area (Å²) in [7, 11) is 0. The van der Waals surface area contributed by atoms with E-state index in [0.29, 0.717) is 16.0 Å². The molecule has 0 aromatic heterocycles. The molecule has 0 radical (unpaired) electrons. The fraction of sp³-hybridized carbons (Fsp3) is 0.500. The molecule has 17 heavy (non-hydrogen) atoms. The van der Waals surface area contributed by atoms with Gasteiger partial charge < -0.3 is 0 Å². The molecule has 1 aromatic carbocycles. The quantitative estimate of drug-likeness (QED) is 0.724. The van der Waals surface area contributed by atoms with Crippen molar-refractivity contribution in [1.82, 2.24) is 0 Å². The number of rotatable bonds is 2. The second-order valence-corrected chi connectivity index (χ2v) is 5.49. The average molecular weight is 268 g/mol. The predicted octanol–water partition coefficient (Wildman–Crippen LogP) is 5.18. The molecule has 2 rings (SSSR count). The monoisotopic (exact) mass is 267 g/mol. The first-order chi connectivity index (χ1) is 8.22. The molecule has 0 N–H and O–H groups in total. The van der Waals surface area contributed by atoms with Crippen LogP contribution in [-0.4, -0.2) is 0 Å². The molecule has 1 aliphatic carbocycles. The van der Waals surface area contributed by atoms with Gasteiger partial charge in [-0.25, -0.2) is 0 Å². The van der Waals surface area contributed by atoms with E-state index >= 15 is 0 Å². The van der Waals surface area contributed by atoms with Crippen molar-refractivity contribution >= 4 is 23.2 Å². The summed E-state index contributed by atoms with van der Waals surface area (Å²) in [5.41, 5.74) is 1.01. The van der Waals surface area contributed by atoms with Crippen molar-refractivity contribution in [3.05, 3.63) is 33.8 Å². The first-order valence-corrected chi connectivity index (χ1v) is 6.82. The Kier molecular flexibility index (Phi) is 4.31. The van der Waals surface area contributed by atoms with Gasteiger partial charge in [-0.05, 0) is 36.5 Å². The van der Waals surface area contributed by atoms with Crippen molar-refractivity contribution in [3.63, 3.8) is 0 Å². The van der Waals surface area contributed by atoms with E-state index in [1.807, 2.05) is 12.1 Å². The third kappa shape index (κ3) is 2.94. The fourth-order valence-corrected chi connectivity index (χ4v) is 2.93. The van der Waals surface area contributed by atoms with Crippen LogP contribution >= 0.6 is 23.2 Å². The van der Waals surface area contributed by atoms with Crippen LogP contribution in [0.25, 0.3) is 0 Å². The Bertz CT molecular complexity index is 430. The van der Waals surface area contributed by atoms with Crippen molar-refractivity contribution in [3.8, 4) is 6.07 Å². The van der Waals surface area contributed by atoms with Gasteiger partial charge in [-0.15, -0.1) is 0 Å². The van der Waals surface area contributed by atoms with E-state index in [2.05, 4.69) is 6.07 Å². The standard InChI is InChI=1S/C14H15Cl2N/c15-13-7-6-11(8-14(13)16)12(9-17)10-4-2-1-3-5-10/h6-8,10,12H,1-5H2/t12-/m0/s1. The second-order valence-electron chi connectivity index (χ2n) is 4.68. The Balaban J connectivity index is 2.22. The molecule has 1 aliphatic rings. The van der Waals surface area contributed by atoms with Crippen LogP contribution < -0.4 is 0 Å². The summed E-state index contributed by atoms with van der Waals surface area (Å²) >= 11 is 11.9. The van der Waals surface area contributed by atoms with Crippen LogP contribution in [0, 0.1) is 17.2 Å². The Morgan fingerprint density at radius 2 is 1.82 bits per heavy atom. The van der Waals surface area contributed by atoms with Crippen LogP contribution in [0.2, 0.25) is 10.0 Å². The highest BCUT2D eigenvalue weighted by atomic mass is 35.5. The lowest BCUT2D eigenvalue weighted by atomic mass is 9.77. The highest BCUT2D eigenvalue weighted by molar-refractivity contribution is 6.42. The number of halogens is 2. The molecule has 3 heteroatoms. The molecule has 1 fully saturated rings. The van der Waals surface area contributed by atoms with E-state index in [9.17, 15) is 5.26 Å². The van der Waals surface area contributed by atoms with Crippen LogP contribution in [0.4, 0.5) is 0 Å². The lowest BCUT2D eigenvalue weighted by molar-refractivity contribution is 0.335. The summed E-state index contributed by atoms with van der Waals surface area (Å²) in [6, 6.07) is 7.98. The summed E-state index contributed by atoms with van der Waals surface area (Å²) in [5, 5.41) is 10.5. The Morgan fingerprint density at radius 3 is 2.41 bits per heavy atom. The zero-order valence-electron chi connectivity index (χ0n) is 9.63. The van der Waals surface area contributed by atoms with E-state index in [1.165, 1.54) is 19.3 Å². The van der Waals surface area contributed by atoms with E-state index in [1.54, 1.807) is 6.07 Å². The van der Waals surface area contributed by atoms with Gasteiger partial charge in [-0.2, -0.15) is 5.26 Å². The van der Waals surface area contributed by atoms with Gasteiger partial charge in [0.15, 0.2) is 0 Å². The summed E-state index contributed by atoms with van der Waals surface area (Å²) in [4.78, 5) is 0. The summed E-state index contributed by atoms with van der Waals surface area (Å²) in [6.45, 7) is 0. The predicted molar refractivity (Wildman–Crippen MR) is 71.4 cm³/mol. The van der Waals surface area contributed by atoms with Crippen molar-refractivity contribution < 1.29 is 0 Å². The SMILES string of the molecule is N#C[C@H](c1ccc(Cl)c(Cl)c1)C1CCCCC1. The summed E-state index contributed by atoms with van der Waals surface area (Å²) in [6.07, 6.45) is 6.08. The molecule has 0 spiro atoms. The molecule has 1 saturated carbocycles. The van der Waals surface area contributed by atoms with Crippen LogP contribution in [0.5, 0.6) is 0 Å². The fourth-order valence-electron chi connectivity index (χ4n) is 2.63. The first-order valence-electron chi connectivity index (χ1n) is 6.07. The normalized spacial score (nSPS) is 18.6. The molecule has 0 saturated heterocycles. The van der Waals surface area contributed by atoms with Crippen molar-refractivity contribution in [1.29, 1.82) is 5.26 Å². The number of benzene rings is 1. The Labute approximate surface area is 112 Å². The minimum Gasteiger partial charge on any atom is -0.198 e. The molecule has 0 unspecified atom stereocenters. The van der Waals surface area contributed by atoms with Crippen LogP contribution in [0.15, 0.2) is 18.2 Å². The number of nitrogens with zero attached hydrogens (tertiary/aromatic N) is 1. The van der Waals surface area contributed by atoms with Crippen molar-refractivity contribution in [2.24, 2.45) is 5.92 Å². The van der Waals surface area contributed by atoms with Gasteiger partial charge in [0, 0.05) is 0 Å². The largest absolute Gasteiger partial charge is 0.198 e. The molecule has 0 bridgehead atoms. The van der Waals surface area contributed by atoms with Crippen LogP contribution in [-0.2, 0) is 0 Å². The molecular formula is C14H15Cl2N. The maximum atomic E-state index is 9.37. The molecule has 0 aliphatic heterocycles. The molecule has 0 heterocycles. The first kappa shape index (κ1) is 12.7. The van der Waals surface area contributed by atoms with E-state index in [4.69, 9.17) is 23.2 Å². The maximum absolute atomic E-state index is 9.37. The third-order valence-corrected chi connectivity index (χ3v) is 4.30. The van der Waals surface area contributed by atoms with E-state index < -0.39 is 0 Å². The smallest absolute Gasteiger partial charge is 0.0741 e. The van der Waals surface area contributed by atoms with Crippen LogP contribution in [0.3, 0.4) is 0 Å². The highest BCUT2D eigenvalue weighted by Crippen LogP contribution is 2.37. The molecular weight excluding hydrogens is 253 g/mol. The molecule has 1 atom stereocenters. The van der Waals surface area contributed by atoms with Gasteiger partial charge in [-0.3, -0.25) is 0 Å². The summed E-state index contributed by atoms with van der Waals surface area (Å²) in [5.74, 6) is 0.441. The molecule has 1 nitrogen and oxygen atoms in total. The van der Waals surface area contributed by atoms with Gasteiger partial charge in [-0.1, -0.05) is 48.5 Å². The van der Waals surface area contributed by atoms with Crippen LogP contribution in [0.1, 0.15) is 43.6 Å². The number of nitriles is 1. The lowest BCUT2D eigenvalue weighted by Gasteiger charge is -2.26. The number of hydrogen-bond donors (Lipinski definition) is 0. The van der Waals surface area contributed by atoms with Gasteiger partial charge in [0.25, 0.3) is 0 Å². The van der Waals surface area contributed by atoms with Crippen molar-refractivity contribution in [2.75, 3.05) is 0 Å². The summed E-state index contributed by atoms with van der Waals surface area (Å²) < 4.78 is 0. The topological polar surface area (TPSA) is 23.8 Å². The van der Waals surface area contributed by atoms with Crippen molar-refractivity contribution in [2.45, 2.75) is 38.0 Å². The van der Waals surface area contributed by atoms with Gasteiger partial charge in [0.1, 0.15) is 0 Å². The van der Waals surface area contributed by atoms with E-state index in [-0.39, 0.29) is 5.92 Å². The zero-order chi connectivity index (χ0) is 12.3. The van der Waals surface area contributed by atoms with Gasteiger partial charge in [0.05, 0.1) is 22.0 Å². The third-order valence-electron chi connectivity index (χ3n) is 3.56. The second kappa shape index (κ2) is 5.76. The van der Waals surface area contributed by atoms with Gasteiger partial charge in [0.2, 0.25) is 0 Å². The lowest BCUT2D eigenvalue weighted by Crippen LogP contribution is -2.15. The number of hydrogen-bond acceptors (Lipinski definition) is 1. The Hall–Kier alpha value is -0.710. The minimum atomic E-state index is -0.0370. The molecule has 90 valence electrons. The Morgan fingerprint density at radius 1 is 1.12 bits per heavy atom.